The summed E-state index contributed by atoms with van der Waals surface area (Å²) >= 11 is 0. The molecule has 2 aromatic heterocycles. The molecule has 0 saturated heterocycles. The Balaban J connectivity index is 0.000000461. The number of aromatic nitrogens is 4. The van der Waals surface area contributed by atoms with Gasteiger partial charge in [0.05, 0.1) is 0 Å². The zero-order valence-electron chi connectivity index (χ0n) is 8.68. The van der Waals surface area contributed by atoms with Crippen molar-refractivity contribution < 1.29 is 0 Å². The SMILES string of the molecule is CC.Cc1ccc(-n2cnnc2)nc1. The highest BCUT2D eigenvalue weighted by Crippen LogP contribution is 2.02. The van der Waals surface area contributed by atoms with Gasteiger partial charge < -0.3 is 0 Å². The largest absolute Gasteiger partial charge is 0.272 e. The van der Waals surface area contributed by atoms with Gasteiger partial charge in [0.2, 0.25) is 0 Å². The Morgan fingerprint density at radius 2 is 1.71 bits per heavy atom. The fraction of sp³-hybridized carbons (Fsp3) is 0.300. The van der Waals surface area contributed by atoms with Gasteiger partial charge in [-0.1, -0.05) is 19.9 Å². The van der Waals surface area contributed by atoms with Gasteiger partial charge in [-0.2, -0.15) is 0 Å². The Morgan fingerprint density at radius 3 is 2.21 bits per heavy atom. The van der Waals surface area contributed by atoms with E-state index in [0.717, 1.165) is 11.4 Å². The molecule has 2 rings (SSSR count). The molecule has 14 heavy (non-hydrogen) atoms. The van der Waals surface area contributed by atoms with Crippen molar-refractivity contribution in [3.05, 3.63) is 36.5 Å². The van der Waals surface area contributed by atoms with E-state index in [1.807, 2.05) is 39.1 Å². The molecule has 0 atom stereocenters. The Morgan fingerprint density at radius 1 is 1.07 bits per heavy atom. The highest BCUT2D eigenvalue weighted by Gasteiger charge is 1.94. The van der Waals surface area contributed by atoms with Crippen molar-refractivity contribution in [3.8, 4) is 5.82 Å². The molecule has 0 aliphatic heterocycles. The highest BCUT2D eigenvalue weighted by atomic mass is 15.2. The molecule has 2 heterocycles. The van der Waals surface area contributed by atoms with E-state index in [9.17, 15) is 0 Å². The van der Waals surface area contributed by atoms with Crippen LogP contribution >= 0.6 is 0 Å². The molecule has 0 bridgehead atoms. The Bertz CT molecular complexity index is 350. The quantitative estimate of drug-likeness (QED) is 0.690. The van der Waals surface area contributed by atoms with Crippen LogP contribution in [0.25, 0.3) is 5.82 Å². The van der Waals surface area contributed by atoms with E-state index in [4.69, 9.17) is 0 Å². The summed E-state index contributed by atoms with van der Waals surface area (Å²) in [5.74, 6) is 0.839. The number of rotatable bonds is 1. The summed E-state index contributed by atoms with van der Waals surface area (Å²) in [5.41, 5.74) is 1.15. The number of hydrogen-bond acceptors (Lipinski definition) is 3. The second kappa shape index (κ2) is 5.11. The average molecular weight is 190 g/mol. The highest BCUT2D eigenvalue weighted by molar-refractivity contribution is 5.23. The molecule has 0 spiro atoms. The minimum absolute atomic E-state index is 0.839. The van der Waals surface area contributed by atoms with Gasteiger partial charge >= 0.3 is 0 Å². The Labute approximate surface area is 83.6 Å². The lowest BCUT2D eigenvalue weighted by Crippen LogP contribution is -1.93. The van der Waals surface area contributed by atoms with E-state index < -0.39 is 0 Å². The molecule has 0 N–H and O–H groups in total. The van der Waals surface area contributed by atoms with Crippen molar-refractivity contribution in [2.45, 2.75) is 20.8 Å². The Kier molecular flexibility index (Phi) is 3.79. The van der Waals surface area contributed by atoms with Gasteiger partial charge in [-0.3, -0.25) is 4.57 Å². The lowest BCUT2D eigenvalue weighted by atomic mass is 10.3. The first-order valence-electron chi connectivity index (χ1n) is 4.64. The molecule has 0 aliphatic carbocycles. The van der Waals surface area contributed by atoms with Gasteiger partial charge in [-0.15, -0.1) is 10.2 Å². The number of pyridine rings is 1. The van der Waals surface area contributed by atoms with E-state index in [-0.39, 0.29) is 0 Å². The lowest BCUT2D eigenvalue weighted by molar-refractivity contribution is 0.986. The van der Waals surface area contributed by atoms with Gasteiger partial charge in [0.15, 0.2) is 0 Å². The second-order valence-electron chi connectivity index (χ2n) is 2.56. The summed E-state index contributed by atoms with van der Waals surface area (Å²) < 4.78 is 1.76. The van der Waals surface area contributed by atoms with Crippen molar-refractivity contribution in [2.24, 2.45) is 0 Å². The number of aryl methyl sites for hydroxylation is 1. The molecule has 0 aromatic carbocycles. The van der Waals surface area contributed by atoms with Crippen LogP contribution < -0.4 is 0 Å². The molecule has 0 fully saturated rings. The first-order chi connectivity index (χ1) is 6.86. The minimum atomic E-state index is 0.839. The van der Waals surface area contributed by atoms with Gasteiger partial charge in [-0.05, 0) is 18.6 Å². The predicted molar refractivity (Wildman–Crippen MR) is 55.2 cm³/mol. The van der Waals surface area contributed by atoms with Crippen molar-refractivity contribution in [1.29, 1.82) is 0 Å². The average Bonchev–Trinajstić information content (AvgIpc) is 2.75. The summed E-state index contributed by atoms with van der Waals surface area (Å²) in [6.07, 6.45) is 5.06. The fourth-order valence-corrected chi connectivity index (χ4v) is 0.932. The summed E-state index contributed by atoms with van der Waals surface area (Å²) in [6.45, 7) is 6.00. The lowest BCUT2D eigenvalue weighted by Gasteiger charge is -1.98. The third-order valence-electron chi connectivity index (χ3n) is 1.58. The maximum absolute atomic E-state index is 4.20. The van der Waals surface area contributed by atoms with Crippen LogP contribution in [0.3, 0.4) is 0 Å². The summed E-state index contributed by atoms with van der Waals surface area (Å²) in [6, 6.07) is 3.93. The summed E-state index contributed by atoms with van der Waals surface area (Å²) in [5, 5.41) is 7.39. The predicted octanol–water partition coefficient (Wildman–Crippen LogP) is 2.00. The molecule has 0 saturated carbocycles. The minimum Gasteiger partial charge on any atom is -0.272 e. The Hall–Kier alpha value is -1.71. The van der Waals surface area contributed by atoms with Gasteiger partial charge in [0, 0.05) is 6.20 Å². The summed E-state index contributed by atoms with van der Waals surface area (Å²) in [7, 11) is 0. The monoisotopic (exact) mass is 190 g/mol. The molecule has 0 radical (unpaired) electrons. The van der Waals surface area contributed by atoms with Crippen molar-refractivity contribution in [3.63, 3.8) is 0 Å². The smallest absolute Gasteiger partial charge is 0.139 e. The molecule has 74 valence electrons. The van der Waals surface area contributed by atoms with E-state index >= 15 is 0 Å². The van der Waals surface area contributed by atoms with Gasteiger partial charge in [-0.25, -0.2) is 4.98 Å². The maximum atomic E-state index is 4.20. The first kappa shape index (κ1) is 10.4. The summed E-state index contributed by atoms with van der Waals surface area (Å²) in [4.78, 5) is 4.20. The van der Waals surface area contributed by atoms with E-state index in [1.165, 1.54) is 0 Å². The maximum Gasteiger partial charge on any atom is 0.139 e. The van der Waals surface area contributed by atoms with Gasteiger partial charge in [0.1, 0.15) is 18.5 Å². The zero-order chi connectivity index (χ0) is 10.4. The van der Waals surface area contributed by atoms with Crippen LogP contribution in [-0.2, 0) is 0 Å². The van der Waals surface area contributed by atoms with Crippen LogP contribution in [0.2, 0.25) is 0 Å². The topological polar surface area (TPSA) is 43.6 Å². The standard InChI is InChI=1S/C8H8N4.C2H6/c1-7-2-3-8(9-4-7)12-5-10-11-6-12;1-2/h2-6H,1H3;1-2H3. The molecule has 4 nitrogen and oxygen atoms in total. The molecule has 2 aromatic rings. The molecule has 0 aliphatic rings. The van der Waals surface area contributed by atoms with E-state index in [2.05, 4.69) is 15.2 Å². The third-order valence-corrected chi connectivity index (χ3v) is 1.58. The zero-order valence-corrected chi connectivity index (χ0v) is 8.68. The van der Waals surface area contributed by atoms with Crippen LogP contribution in [0.15, 0.2) is 31.0 Å². The van der Waals surface area contributed by atoms with Crippen LogP contribution in [-0.4, -0.2) is 19.7 Å². The normalized spacial score (nSPS) is 9.07. The van der Waals surface area contributed by atoms with Crippen molar-refractivity contribution >= 4 is 0 Å². The second-order valence-corrected chi connectivity index (χ2v) is 2.56. The van der Waals surface area contributed by atoms with E-state index in [1.54, 1.807) is 17.2 Å². The van der Waals surface area contributed by atoms with Crippen LogP contribution in [0.5, 0.6) is 0 Å². The van der Waals surface area contributed by atoms with Crippen molar-refractivity contribution in [1.82, 2.24) is 19.7 Å². The van der Waals surface area contributed by atoms with Crippen molar-refractivity contribution in [2.75, 3.05) is 0 Å². The molecule has 0 unspecified atom stereocenters. The van der Waals surface area contributed by atoms with Crippen LogP contribution in [0.4, 0.5) is 0 Å². The van der Waals surface area contributed by atoms with Crippen LogP contribution in [0, 0.1) is 6.92 Å². The van der Waals surface area contributed by atoms with E-state index in [0.29, 0.717) is 0 Å². The molecular formula is C10H14N4. The fourth-order valence-electron chi connectivity index (χ4n) is 0.932. The molecule has 0 amide bonds. The van der Waals surface area contributed by atoms with Crippen LogP contribution in [0.1, 0.15) is 19.4 Å². The van der Waals surface area contributed by atoms with Gasteiger partial charge in [0.25, 0.3) is 0 Å². The molecule has 4 heteroatoms. The first-order valence-corrected chi connectivity index (χ1v) is 4.64. The molecular weight excluding hydrogens is 176 g/mol. The number of nitrogens with zero attached hydrogens (tertiary/aromatic N) is 4. The number of hydrogen-bond donors (Lipinski definition) is 0. The third kappa shape index (κ3) is 2.39.